The van der Waals surface area contributed by atoms with Crippen molar-refractivity contribution >= 4 is 6.03 Å². The van der Waals surface area contributed by atoms with Crippen LogP contribution in [0.1, 0.15) is 37.7 Å². The van der Waals surface area contributed by atoms with Crippen LogP contribution in [0.2, 0.25) is 0 Å². The highest BCUT2D eigenvalue weighted by Gasteiger charge is 2.37. The number of carbonyl (C=O) groups is 1. The smallest absolute Gasteiger partial charge is 0.315 e. The van der Waals surface area contributed by atoms with Gasteiger partial charge in [-0.15, -0.1) is 0 Å². The molecule has 5 heteroatoms. The van der Waals surface area contributed by atoms with Crippen LogP contribution in [0, 0.1) is 11.7 Å². The molecule has 1 atom stereocenters. The van der Waals surface area contributed by atoms with Gasteiger partial charge >= 0.3 is 6.03 Å². The largest absolute Gasteiger partial charge is 0.381 e. The molecule has 0 aromatic heterocycles. The van der Waals surface area contributed by atoms with Crippen LogP contribution in [0.25, 0.3) is 0 Å². The standard InChI is InChI=1S/C17H23FN2O2/c18-15-5-3-14(4-6-15)17(8-1-2-9-17)20-16(21)19-11-13-7-10-22-12-13/h3-6,13H,1-2,7-12H2,(H2,19,20,21). The maximum Gasteiger partial charge on any atom is 0.315 e. The van der Waals surface area contributed by atoms with Crippen molar-refractivity contribution in [2.75, 3.05) is 19.8 Å². The topological polar surface area (TPSA) is 50.4 Å². The fourth-order valence-electron chi connectivity index (χ4n) is 3.48. The van der Waals surface area contributed by atoms with Crippen molar-refractivity contribution in [3.05, 3.63) is 35.6 Å². The average Bonchev–Trinajstić information content (AvgIpc) is 3.18. The SMILES string of the molecule is O=C(NCC1CCOC1)NC1(c2ccc(F)cc2)CCCC1. The minimum absolute atomic E-state index is 0.141. The predicted molar refractivity (Wildman–Crippen MR) is 82.0 cm³/mol. The Bertz CT molecular complexity index is 506. The molecular weight excluding hydrogens is 283 g/mol. The molecule has 120 valence electrons. The molecule has 2 amide bonds. The fourth-order valence-corrected chi connectivity index (χ4v) is 3.48. The minimum Gasteiger partial charge on any atom is -0.381 e. The summed E-state index contributed by atoms with van der Waals surface area (Å²) < 4.78 is 18.5. The van der Waals surface area contributed by atoms with Crippen molar-refractivity contribution in [1.29, 1.82) is 0 Å². The normalized spacial score (nSPS) is 23.4. The van der Waals surface area contributed by atoms with E-state index >= 15 is 0 Å². The molecule has 1 heterocycles. The number of amides is 2. The maximum absolute atomic E-state index is 13.1. The Labute approximate surface area is 130 Å². The van der Waals surface area contributed by atoms with Crippen molar-refractivity contribution in [3.8, 4) is 0 Å². The van der Waals surface area contributed by atoms with Crippen LogP contribution < -0.4 is 10.6 Å². The molecule has 0 bridgehead atoms. The van der Waals surface area contributed by atoms with Crippen LogP contribution >= 0.6 is 0 Å². The lowest BCUT2D eigenvalue weighted by Crippen LogP contribution is -2.49. The highest BCUT2D eigenvalue weighted by Crippen LogP contribution is 2.38. The number of ether oxygens (including phenoxy) is 1. The second-order valence-corrected chi connectivity index (χ2v) is 6.36. The zero-order valence-electron chi connectivity index (χ0n) is 12.7. The van der Waals surface area contributed by atoms with E-state index in [1.165, 1.54) is 12.1 Å². The molecule has 1 saturated heterocycles. The van der Waals surface area contributed by atoms with Gasteiger partial charge in [-0.25, -0.2) is 9.18 Å². The number of halogens is 1. The zero-order valence-corrected chi connectivity index (χ0v) is 12.7. The molecule has 1 unspecified atom stereocenters. The summed E-state index contributed by atoms with van der Waals surface area (Å²) in [5.41, 5.74) is 0.634. The van der Waals surface area contributed by atoms with E-state index in [2.05, 4.69) is 10.6 Å². The van der Waals surface area contributed by atoms with Gasteiger partial charge in [-0.2, -0.15) is 0 Å². The van der Waals surface area contributed by atoms with Crippen LogP contribution in [-0.4, -0.2) is 25.8 Å². The Morgan fingerprint density at radius 3 is 2.64 bits per heavy atom. The molecule has 22 heavy (non-hydrogen) atoms. The van der Waals surface area contributed by atoms with Gasteiger partial charge < -0.3 is 15.4 Å². The number of urea groups is 1. The first-order valence-electron chi connectivity index (χ1n) is 8.08. The Balaban J connectivity index is 1.63. The molecule has 1 aliphatic heterocycles. The Morgan fingerprint density at radius 1 is 1.27 bits per heavy atom. The molecule has 3 rings (SSSR count). The molecular formula is C17H23FN2O2. The summed E-state index contributed by atoms with van der Waals surface area (Å²) in [5, 5.41) is 6.09. The van der Waals surface area contributed by atoms with Crippen molar-refractivity contribution in [3.63, 3.8) is 0 Å². The van der Waals surface area contributed by atoms with Gasteiger partial charge in [-0.3, -0.25) is 0 Å². The van der Waals surface area contributed by atoms with Gasteiger partial charge in [0.2, 0.25) is 0 Å². The lowest BCUT2D eigenvalue weighted by molar-refractivity contribution is 0.184. The van der Waals surface area contributed by atoms with Crippen LogP contribution in [0.5, 0.6) is 0 Å². The molecule has 1 saturated carbocycles. The van der Waals surface area contributed by atoms with Crippen molar-refractivity contribution < 1.29 is 13.9 Å². The molecule has 1 aromatic carbocycles. The van der Waals surface area contributed by atoms with Gasteiger partial charge in [0, 0.05) is 19.1 Å². The summed E-state index contributed by atoms with van der Waals surface area (Å²) in [4.78, 5) is 12.3. The molecule has 0 spiro atoms. The van der Waals surface area contributed by atoms with Gasteiger partial charge in [-0.05, 0) is 37.0 Å². The third-order valence-corrected chi connectivity index (χ3v) is 4.78. The second-order valence-electron chi connectivity index (χ2n) is 6.36. The first-order valence-corrected chi connectivity index (χ1v) is 8.08. The second kappa shape index (κ2) is 6.65. The molecule has 0 radical (unpaired) electrons. The molecule has 1 aliphatic carbocycles. The van der Waals surface area contributed by atoms with Gasteiger partial charge in [-0.1, -0.05) is 25.0 Å². The summed E-state index contributed by atoms with van der Waals surface area (Å²) in [6.07, 6.45) is 4.96. The lowest BCUT2D eigenvalue weighted by Gasteiger charge is -2.31. The van der Waals surface area contributed by atoms with Gasteiger partial charge in [0.15, 0.2) is 0 Å². The number of benzene rings is 1. The van der Waals surface area contributed by atoms with Crippen LogP contribution in [0.3, 0.4) is 0 Å². The molecule has 2 fully saturated rings. The summed E-state index contributed by atoms with van der Waals surface area (Å²) >= 11 is 0. The Hall–Kier alpha value is -1.62. The number of hydrogen-bond donors (Lipinski definition) is 2. The molecule has 2 N–H and O–H groups in total. The van der Waals surface area contributed by atoms with Crippen LogP contribution in [0.15, 0.2) is 24.3 Å². The van der Waals surface area contributed by atoms with E-state index in [4.69, 9.17) is 4.74 Å². The summed E-state index contributed by atoms with van der Waals surface area (Å²) in [6.45, 7) is 2.15. The third-order valence-electron chi connectivity index (χ3n) is 4.78. The van der Waals surface area contributed by atoms with E-state index in [-0.39, 0.29) is 17.4 Å². The maximum atomic E-state index is 13.1. The monoisotopic (exact) mass is 306 g/mol. The number of rotatable bonds is 4. The van der Waals surface area contributed by atoms with Gasteiger partial charge in [0.1, 0.15) is 5.82 Å². The average molecular weight is 306 g/mol. The Morgan fingerprint density at radius 2 is 2.00 bits per heavy atom. The molecule has 4 nitrogen and oxygen atoms in total. The fraction of sp³-hybridized carbons (Fsp3) is 0.588. The summed E-state index contributed by atoms with van der Waals surface area (Å²) in [5.74, 6) is 0.165. The summed E-state index contributed by atoms with van der Waals surface area (Å²) in [6, 6.07) is 6.35. The van der Waals surface area contributed by atoms with Gasteiger partial charge in [0.05, 0.1) is 12.1 Å². The van der Waals surface area contributed by atoms with E-state index < -0.39 is 0 Å². The third kappa shape index (κ3) is 3.40. The van der Waals surface area contributed by atoms with E-state index in [1.807, 2.05) is 0 Å². The first kappa shape index (κ1) is 15.3. The highest BCUT2D eigenvalue weighted by atomic mass is 19.1. The predicted octanol–water partition coefficient (Wildman–Crippen LogP) is 2.93. The number of hydrogen-bond acceptors (Lipinski definition) is 2. The number of carbonyl (C=O) groups excluding carboxylic acids is 1. The molecule has 1 aromatic rings. The van der Waals surface area contributed by atoms with E-state index in [1.54, 1.807) is 12.1 Å². The van der Waals surface area contributed by atoms with Gasteiger partial charge in [0.25, 0.3) is 0 Å². The van der Waals surface area contributed by atoms with E-state index in [0.717, 1.165) is 50.9 Å². The quantitative estimate of drug-likeness (QED) is 0.898. The minimum atomic E-state index is -0.357. The van der Waals surface area contributed by atoms with Crippen molar-refractivity contribution in [2.45, 2.75) is 37.6 Å². The van der Waals surface area contributed by atoms with Crippen LogP contribution in [0.4, 0.5) is 9.18 Å². The van der Waals surface area contributed by atoms with Crippen molar-refractivity contribution in [2.24, 2.45) is 5.92 Å². The zero-order chi connectivity index (χ0) is 15.4. The van der Waals surface area contributed by atoms with E-state index in [0.29, 0.717) is 12.5 Å². The Kier molecular flexibility index (Phi) is 4.62. The van der Waals surface area contributed by atoms with Crippen molar-refractivity contribution in [1.82, 2.24) is 10.6 Å². The van der Waals surface area contributed by atoms with Crippen LogP contribution in [-0.2, 0) is 10.3 Å². The number of nitrogens with one attached hydrogen (secondary N) is 2. The first-order chi connectivity index (χ1) is 10.7. The summed E-state index contributed by atoms with van der Waals surface area (Å²) in [7, 11) is 0. The lowest BCUT2D eigenvalue weighted by atomic mass is 9.88. The molecule has 2 aliphatic rings. The highest BCUT2D eigenvalue weighted by molar-refractivity contribution is 5.75. The van der Waals surface area contributed by atoms with E-state index in [9.17, 15) is 9.18 Å².